The smallest absolute Gasteiger partial charge is 0.326 e. The van der Waals surface area contributed by atoms with Crippen molar-refractivity contribution in [1.82, 2.24) is 16.0 Å². The first-order valence-corrected chi connectivity index (χ1v) is 8.87. The molecule has 3 amide bonds. The molecule has 1 aromatic rings. The quantitative estimate of drug-likeness (QED) is 0.184. The van der Waals surface area contributed by atoms with Gasteiger partial charge in [-0.25, -0.2) is 4.79 Å². The highest BCUT2D eigenvalue weighted by Crippen LogP contribution is 2.04. The number of carbonyl (C=O) groups is 5. The molecule has 0 bridgehead atoms. The van der Waals surface area contributed by atoms with Crippen LogP contribution in [-0.4, -0.2) is 76.3 Å². The van der Waals surface area contributed by atoms with Crippen LogP contribution in [0.25, 0.3) is 0 Å². The zero-order chi connectivity index (χ0) is 22.7. The second kappa shape index (κ2) is 12.1. The maximum atomic E-state index is 12.4. The van der Waals surface area contributed by atoms with E-state index >= 15 is 0 Å². The van der Waals surface area contributed by atoms with Crippen molar-refractivity contribution in [3.63, 3.8) is 0 Å². The average molecular weight is 424 g/mol. The van der Waals surface area contributed by atoms with E-state index in [-0.39, 0.29) is 6.42 Å². The van der Waals surface area contributed by atoms with E-state index in [2.05, 4.69) is 16.0 Å². The molecule has 3 unspecified atom stereocenters. The number of amides is 3. The molecule has 0 heterocycles. The van der Waals surface area contributed by atoms with Crippen molar-refractivity contribution in [2.45, 2.75) is 31.0 Å². The largest absolute Gasteiger partial charge is 0.481 e. The lowest BCUT2D eigenvalue weighted by Crippen LogP contribution is -2.57. The van der Waals surface area contributed by atoms with E-state index in [0.717, 1.165) is 0 Å². The van der Waals surface area contributed by atoms with Crippen molar-refractivity contribution in [2.24, 2.45) is 5.73 Å². The minimum atomic E-state index is -1.57. The minimum absolute atomic E-state index is 0.0395. The lowest BCUT2D eigenvalue weighted by molar-refractivity contribution is -0.143. The van der Waals surface area contributed by atoms with Crippen LogP contribution in [0.15, 0.2) is 30.3 Å². The maximum Gasteiger partial charge on any atom is 0.326 e. The molecule has 12 nitrogen and oxygen atoms in total. The summed E-state index contributed by atoms with van der Waals surface area (Å²) in [5.74, 6) is -5.56. The van der Waals surface area contributed by atoms with E-state index < -0.39 is 67.4 Å². The van der Waals surface area contributed by atoms with E-state index in [9.17, 15) is 34.2 Å². The van der Waals surface area contributed by atoms with Crippen molar-refractivity contribution in [2.75, 3.05) is 13.2 Å². The monoisotopic (exact) mass is 424 g/mol. The lowest BCUT2D eigenvalue weighted by Gasteiger charge is -2.22. The molecule has 0 saturated carbocycles. The van der Waals surface area contributed by atoms with Crippen LogP contribution in [0.2, 0.25) is 0 Å². The van der Waals surface area contributed by atoms with E-state index in [1.54, 1.807) is 30.3 Å². The number of carbonyl (C=O) groups excluding carboxylic acids is 3. The topological polar surface area (TPSA) is 208 Å². The minimum Gasteiger partial charge on any atom is -0.481 e. The molecule has 0 aliphatic carbocycles. The Morgan fingerprint density at radius 3 is 1.93 bits per heavy atom. The van der Waals surface area contributed by atoms with Crippen molar-refractivity contribution < 1.29 is 39.3 Å². The predicted octanol–water partition coefficient (Wildman–Crippen LogP) is -2.81. The van der Waals surface area contributed by atoms with Crippen LogP contribution in [-0.2, 0) is 30.4 Å². The Balaban J connectivity index is 2.83. The Bertz CT molecular complexity index is 771. The van der Waals surface area contributed by atoms with Crippen molar-refractivity contribution in [1.29, 1.82) is 0 Å². The summed E-state index contributed by atoms with van der Waals surface area (Å²) in [6, 6.07) is 4.04. The summed E-state index contributed by atoms with van der Waals surface area (Å²) in [4.78, 5) is 58.4. The molecular formula is C18H24N4O8. The van der Waals surface area contributed by atoms with Crippen LogP contribution in [0.1, 0.15) is 12.0 Å². The number of aliphatic carboxylic acids is 2. The SMILES string of the molecule is NCC(=O)NC(CC(=O)O)C(=O)NC(CO)C(=O)NC(Cc1ccccc1)C(=O)O. The second-order valence-electron chi connectivity index (χ2n) is 6.25. The summed E-state index contributed by atoms with van der Waals surface area (Å²) < 4.78 is 0. The molecule has 3 atom stereocenters. The van der Waals surface area contributed by atoms with Crippen molar-refractivity contribution in [3.8, 4) is 0 Å². The third-order valence-electron chi connectivity index (χ3n) is 3.93. The first-order valence-electron chi connectivity index (χ1n) is 8.87. The highest BCUT2D eigenvalue weighted by molar-refractivity contribution is 5.95. The highest BCUT2D eigenvalue weighted by atomic mass is 16.4. The van der Waals surface area contributed by atoms with Gasteiger partial charge in [-0.1, -0.05) is 30.3 Å². The molecule has 164 valence electrons. The molecule has 1 aromatic carbocycles. The first kappa shape index (κ1) is 24.5. The zero-order valence-electron chi connectivity index (χ0n) is 15.9. The Kier molecular flexibility index (Phi) is 9.92. The van der Waals surface area contributed by atoms with Crippen LogP contribution in [0, 0.1) is 0 Å². The predicted molar refractivity (Wildman–Crippen MR) is 102 cm³/mol. The number of nitrogens with one attached hydrogen (secondary N) is 3. The molecule has 1 rings (SSSR count). The Hall–Kier alpha value is -3.51. The fourth-order valence-electron chi connectivity index (χ4n) is 2.43. The van der Waals surface area contributed by atoms with Gasteiger partial charge in [0.1, 0.15) is 18.1 Å². The Morgan fingerprint density at radius 1 is 0.867 bits per heavy atom. The number of carboxylic acids is 2. The van der Waals surface area contributed by atoms with Gasteiger partial charge in [0.2, 0.25) is 17.7 Å². The van der Waals surface area contributed by atoms with Gasteiger partial charge >= 0.3 is 11.9 Å². The van der Waals surface area contributed by atoms with Gasteiger partial charge in [0, 0.05) is 6.42 Å². The number of benzene rings is 1. The molecule has 0 saturated heterocycles. The fraction of sp³-hybridized carbons (Fsp3) is 0.389. The van der Waals surface area contributed by atoms with Crippen LogP contribution in [0.5, 0.6) is 0 Å². The van der Waals surface area contributed by atoms with Crippen LogP contribution < -0.4 is 21.7 Å². The number of aliphatic hydroxyl groups excluding tert-OH is 1. The normalized spacial score (nSPS) is 13.4. The molecule has 30 heavy (non-hydrogen) atoms. The van der Waals surface area contributed by atoms with Gasteiger partial charge in [0.05, 0.1) is 19.6 Å². The molecule has 0 aliphatic rings. The van der Waals surface area contributed by atoms with Crippen LogP contribution in [0.3, 0.4) is 0 Å². The molecule has 8 N–H and O–H groups in total. The van der Waals surface area contributed by atoms with Crippen LogP contribution >= 0.6 is 0 Å². The summed E-state index contributed by atoms with van der Waals surface area (Å²) in [6.45, 7) is -1.38. The van der Waals surface area contributed by atoms with E-state index in [4.69, 9.17) is 10.8 Å². The zero-order valence-corrected chi connectivity index (χ0v) is 15.9. The van der Waals surface area contributed by atoms with E-state index in [0.29, 0.717) is 5.56 Å². The number of rotatable bonds is 12. The molecule has 0 spiro atoms. The number of hydrogen-bond acceptors (Lipinski definition) is 7. The van der Waals surface area contributed by atoms with Gasteiger partial charge in [-0.2, -0.15) is 0 Å². The van der Waals surface area contributed by atoms with Gasteiger partial charge in [-0.3, -0.25) is 19.2 Å². The molecule has 0 aromatic heterocycles. The number of aliphatic hydroxyl groups is 1. The van der Waals surface area contributed by atoms with Gasteiger partial charge in [-0.05, 0) is 5.56 Å². The summed E-state index contributed by atoms with van der Waals surface area (Å²) in [5, 5.41) is 34.1. The standard InChI is InChI=1S/C18H24N4O8/c19-8-14(24)20-11(7-15(25)26)16(27)22-13(9-23)17(28)21-12(18(29)30)6-10-4-2-1-3-5-10/h1-5,11-13,23H,6-9,19H2,(H,20,24)(H,21,28)(H,22,27)(H,25,26)(H,29,30). The average Bonchev–Trinajstić information content (AvgIpc) is 2.70. The molecular weight excluding hydrogens is 400 g/mol. The first-order chi connectivity index (χ1) is 14.2. The van der Waals surface area contributed by atoms with E-state index in [1.807, 2.05) is 0 Å². The highest BCUT2D eigenvalue weighted by Gasteiger charge is 2.30. The summed E-state index contributed by atoms with van der Waals surface area (Å²) in [7, 11) is 0. The van der Waals surface area contributed by atoms with Gasteiger partial charge in [0.25, 0.3) is 0 Å². The van der Waals surface area contributed by atoms with Gasteiger partial charge in [-0.15, -0.1) is 0 Å². The fourth-order valence-corrected chi connectivity index (χ4v) is 2.43. The van der Waals surface area contributed by atoms with Gasteiger partial charge < -0.3 is 37.0 Å². The summed E-state index contributed by atoms with van der Waals surface area (Å²) in [5.41, 5.74) is 5.76. The third-order valence-corrected chi connectivity index (χ3v) is 3.93. The molecule has 0 fully saturated rings. The van der Waals surface area contributed by atoms with E-state index in [1.165, 1.54) is 0 Å². The van der Waals surface area contributed by atoms with Crippen molar-refractivity contribution >= 4 is 29.7 Å². The summed E-state index contributed by atoms with van der Waals surface area (Å²) in [6.07, 6.45) is -0.828. The number of nitrogens with two attached hydrogens (primary N) is 1. The number of carboxylic acid groups (broad SMARTS) is 2. The number of hydrogen-bond donors (Lipinski definition) is 7. The second-order valence-corrected chi connectivity index (χ2v) is 6.25. The summed E-state index contributed by atoms with van der Waals surface area (Å²) >= 11 is 0. The maximum absolute atomic E-state index is 12.4. The van der Waals surface area contributed by atoms with Crippen molar-refractivity contribution in [3.05, 3.63) is 35.9 Å². The molecule has 0 aliphatic heterocycles. The lowest BCUT2D eigenvalue weighted by atomic mass is 10.1. The Labute approximate surface area is 171 Å². The van der Waals surface area contributed by atoms with Crippen LogP contribution in [0.4, 0.5) is 0 Å². The van der Waals surface area contributed by atoms with Gasteiger partial charge in [0.15, 0.2) is 0 Å². The molecule has 0 radical (unpaired) electrons. The molecule has 12 heteroatoms. The third kappa shape index (κ3) is 8.24. The Morgan fingerprint density at radius 2 is 1.43 bits per heavy atom.